The van der Waals surface area contributed by atoms with Gasteiger partial charge < -0.3 is 4.74 Å². The number of nitrogens with one attached hydrogen (secondary N) is 1. The number of methoxy groups -OCH3 is 1. The first-order chi connectivity index (χ1) is 11.8. The average molecular weight is 324 g/mol. The molecule has 2 heterocycles. The lowest BCUT2D eigenvalue weighted by molar-refractivity contribution is 0.148. The molecule has 1 N–H and O–H groups in total. The number of aliphatic imine (C=N–C) groups is 1. The van der Waals surface area contributed by atoms with Crippen LogP contribution >= 0.6 is 0 Å². The van der Waals surface area contributed by atoms with Crippen LogP contribution in [0.5, 0.6) is 5.75 Å². The Morgan fingerprint density at radius 3 is 2.71 bits per heavy atom. The molecule has 0 fully saturated rings. The molecule has 8 heteroatoms. The van der Waals surface area contributed by atoms with Gasteiger partial charge in [-0.3, -0.25) is 10.3 Å². The summed E-state index contributed by atoms with van der Waals surface area (Å²) in [5.41, 5.74) is 4.37. The highest BCUT2D eigenvalue weighted by Gasteiger charge is 2.05. The Labute approximate surface area is 138 Å². The molecule has 1 aromatic carbocycles. The molecule has 0 saturated heterocycles. The minimum Gasteiger partial charge on any atom is -0.497 e. The standard InChI is InChI=1S/C16H16N6O2/c1-23-14-7-4-12(5-8-14)3-6-13-9-10-17-16-20-15(21-22(13)16)18-11-19-24-2/h3-11H,1-2H3,(H,18,19,21)/b6-3-. The maximum Gasteiger partial charge on any atom is 0.272 e. The molecule has 0 aliphatic rings. The smallest absolute Gasteiger partial charge is 0.272 e. The number of rotatable bonds is 6. The van der Waals surface area contributed by atoms with Gasteiger partial charge in [-0.15, -0.1) is 5.10 Å². The van der Waals surface area contributed by atoms with Crippen molar-refractivity contribution in [1.82, 2.24) is 25.1 Å². The molecule has 3 rings (SSSR count). The third-order valence-corrected chi connectivity index (χ3v) is 3.17. The normalized spacial score (nSPS) is 11.6. The Hall–Kier alpha value is -3.26. The van der Waals surface area contributed by atoms with Crippen LogP contribution < -0.4 is 10.2 Å². The van der Waals surface area contributed by atoms with Crippen molar-refractivity contribution in [2.24, 2.45) is 4.99 Å². The third-order valence-electron chi connectivity index (χ3n) is 3.17. The average Bonchev–Trinajstić information content (AvgIpc) is 3.04. The first kappa shape index (κ1) is 15.6. The van der Waals surface area contributed by atoms with Gasteiger partial charge in [0.05, 0.1) is 19.9 Å². The molecule has 0 spiro atoms. The van der Waals surface area contributed by atoms with Gasteiger partial charge in [0, 0.05) is 6.20 Å². The molecule has 0 saturated carbocycles. The van der Waals surface area contributed by atoms with Gasteiger partial charge >= 0.3 is 0 Å². The van der Waals surface area contributed by atoms with E-state index in [1.54, 1.807) is 17.8 Å². The molecule has 24 heavy (non-hydrogen) atoms. The van der Waals surface area contributed by atoms with Crippen LogP contribution in [0.3, 0.4) is 0 Å². The molecule has 3 aromatic rings. The molecule has 0 radical (unpaired) electrons. The fourth-order valence-electron chi connectivity index (χ4n) is 2.02. The summed E-state index contributed by atoms with van der Waals surface area (Å²) in [5.74, 6) is 1.58. The maximum absolute atomic E-state index is 5.15. The summed E-state index contributed by atoms with van der Waals surface area (Å²) in [6.07, 6.45) is 6.96. The van der Waals surface area contributed by atoms with Gasteiger partial charge in [0.1, 0.15) is 12.1 Å². The molecule has 0 aliphatic carbocycles. The van der Waals surface area contributed by atoms with Crippen LogP contribution in [0.15, 0.2) is 41.5 Å². The first-order valence-corrected chi connectivity index (χ1v) is 7.15. The van der Waals surface area contributed by atoms with Gasteiger partial charge in [-0.25, -0.2) is 4.98 Å². The summed E-state index contributed by atoms with van der Waals surface area (Å²) in [6.45, 7) is 0. The predicted molar refractivity (Wildman–Crippen MR) is 91.0 cm³/mol. The highest BCUT2D eigenvalue weighted by Crippen LogP contribution is 2.15. The third kappa shape index (κ3) is 3.55. The van der Waals surface area contributed by atoms with Crippen molar-refractivity contribution in [3.05, 3.63) is 47.8 Å². The van der Waals surface area contributed by atoms with Gasteiger partial charge in [0.25, 0.3) is 11.7 Å². The van der Waals surface area contributed by atoms with Gasteiger partial charge in [-0.05, 0) is 29.8 Å². The quantitative estimate of drug-likeness (QED) is 0.425. The summed E-state index contributed by atoms with van der Waals surface area (Å²) in [7, 11) is 3.14. The topological polar surface area (TPSA) is 85.9 Å². The number of hydrogen-bond donors (Lipinski definition) is 1. The van der Waals surface area contributed by atoms with Crippen LogP contribution in [0, 0.1) is 0 Å². The second kappa shape index (κ2) is 7.34. The van der Waals surface area contributed by atoms with E-state index >= 15 is 0 Å². The lowest BCUT2D eigenvalue weighted by Crippen LogP contribution is -2.07. The maximum atomic E-state index is 5.15. The molecule has 122 valence electrons. The Kier molecular flexibility index (Phi) is 4.78. The van der Waals surface area contributed by atoms with E-state index in [-0.39, 0.29) is 5.95 Å². The SMILES string of the molecule is CON/C=N/c1nc2nccc(/C=C\c3ccc(OC)cc3)n2n1. The fourth-order valence-corrected chi connectivity index (χ4v) is 2.02. The number of fused-ring (bicyclic) bond motifs is 1. The summed E-state index contributed by atoms with van der Waals surface area (Å²) < 4.78 is 6.78. The number of ether oxygens (including phenoxy) is 1. The van der Waals surface area contributed by atoms with E-state index < -0.39 is 0 Å². The van der Waals surface area contributed by atoms with Crippen LogP contribution in [0.25, 0.3) is 17.9 Å². The molecule has 0 atom stereocenters. The summed E-state index contributed by atoms with van der Waals surface area (Å²) in [4.78, 5) is 17.1. The van der Waals surface area contributed by atoms with Gasteiger partial charge in [-0.1, -0.05) is 18.2 Å². The van der Waals surface area contributed by atoms with Gasteiger partial charge in [0.2, 0.25) is 0 Å². The van der Waals surface area contributed by atoms with E-state index in [4.69, 9.17) is 4.74 Å². The van der Waals surface area contributed by atoms with E-state index in [1.807, 2.05) is 42.5 Å². The van der Waals surface area contributed by atoms with Crippen molar-refractivity contribution < 1.29 is 9.57 Å². The van der Waals surface area contributed by atoms with Crippen LogP contribution in [0.2, 0.25) is 0 Å². The number of hydroxylamine groups is 1. The Balaban J connectivity index is 1.86. The first-order valence-electron chi connectivity index (χ1n) is 7.15. The molecule has 0 aliphatic heterocycles. The zero-order valence-electron chi connectivity index (χ0n) is 13.2. The van der Waals surface area contributed by atoms with E-state index in [1.165, 1.54) is 13.4 Å². The van der Waals surface area contributed by atoms with E-state index in [2.05, 4.69) is 30.4 Å². The van der Waals surface area contributed by atoms with Crippen molar-refractivity contribution in [3.8, 4) is 5.75 Å². The summed E-state index contributed by atoms with van der Waals surface area (Å²) in [6, 6.07) is 9.62. The molecule has 8 nitrogen and oxygen atoms in total. The number of benzene rings is 1. The number of hydrogen-bond acceptors (Lipinski definition) is 6. The van der Waals surface area contributed by atoms with Crippen molar-refractivity contribution >= 4 is 30.2 Å². The van der Waals surface area contributed by atoms with Crippen LogP contribution in [-0.4, -0.2) is 40.1 Å². The minimum atomic E-state index is 0.289. The molecule has 2 aromatic heterocycles. The Morgan fingerprint density at radius 2 is 1.96 bits per heavy atom. The lowest BCUT2D eigenvalue weighted by atomic mass is 10.2. The number of aromatic nitrogens is 4. The minimum absolute atomic E-state index is 0.289. The second-order valence-electron chi connectivity index (χ2n) is 4.68. The number of nitrogens with zero attached hydrogens (tertiary/aromatic N) is 5. The highest BCUT2D eigenvalue weighted by molar-refractivity contribution is 5.69. The van der Waals surface area contributed by atoms with Crippen LogP contribution in [0.1, 0.15) is 11.3 Å². The monoisotopic (exact) mass is 324 g/mol. The van der Waals surface area contributed by atoms with Crippen LogP contribution in [0.4, 0.5) is 5.95 Å². The van der Waals surface area contributed by atoms with Crippen molar-refractivity contribution in [2.45, 2.75) is 0 Å². The Morgan fingerprint density at radius 1 is 1.12 bits per heavy atom. The zero-order chi connectivity index (χ0) is 16.8. The predicted octanol–water partition coefficient (Wildman–Crippen LogP) is 2.11. The van der Waals surface area contributed by atoms with Gasteiger partial charge in [0.15, 0.2) is 0 Å². The van der Waals surface area contributed by atoms with E-state index in [0.717, 1.165) is 17.0 Å². The van der Waals surface area contributed by atoms with E-state index in [0.29, 0.717) is 5.78 Å². The molecular weight excluding hydrogens is 308 g/mol. The largest absolute Gasteiger partial charge is 0.497 e. The second-order valence-corrected chi connectivity index (χ2v) is 4.68. The van der Waals surface area contributed by atoms with Crippen LogP contribution in [-0.2, 0) is 4.84 Å². The van der Waals surface area contributed by atoms with Gasteiger partial charge in [-0.2, -0.15) is 14.5 Å². The lowest BCUT2D eigenvalue weighted by Gasteiger charge is -2.00. The molecule has 0 amide bonds. The van der Waals surface area contributed by atoms with Crippen molar-refractivity contribution in [2.75, 3.05) is 14.2 Å². The van der Waals surface area contributed by atoms with Crippen molar-refractivity contribution in [3.63, 3.8) is 0 Å². The zero-order valence-corrected chi connectivity index (χ0v) is 13.2. The van der Waals surface area contributed by atoms with Crippen molar-refractivity contribution in [1.29, 1.82) is 0 Å². The summed E-state index contributed by atoms with van der Waals surface area (Å²) in [5, 5.41) is 4.30. The molecule has 0 bridgehead atoms. The fraction of sp³-hybridized carbons (Fsp3) is 0.125. The molecular formula is C16H16N6O2. The molecule has 0 unspecified atom stereocenters. The Bertz CT molecular complexity index is 870. The summed E-state index contributed by atoms with van der Waals surface area (Å²) >= 11 is 0. The highest BCUT2D eigenvalue weighted by atomic mass is 16.6. The van der Waals surface area contributed by atoms with E-state index in [9.17, 15) is 0 Å².